The van der Waals surface area contributed by atoms with E-state index in [1.54, 1.807) is 37.8 Å². The van der Waals surface area contributed by atoms with Crippen LogP contribution in [0.3, 0.4) is 0 Å². The highest BCUT2D eigenvalue weighted by Gasteiger charge is 2.28. The van der Waals surface area contributed by atoms with E-state index in [9.17, 15) is 9.59 Å². The van der Waals surface area contributed by atoms with Gasteiger partial charge in [0, 0.05) is 37.4 Å². The lowest BCUT2D eigenvalue weighted by molar-refractivity contribution is 0.00689. The quantitative estimate of drug-likeness (QED) is 0.0991. The minimum atomic E-state index is -0.663. The number of carbonyl (C=O) groups excluding carboxylic acids is 2. The van der Waals surface area contributed by atoms with Crippen LogP contribution >= 0.6 is 23.2 Å². The van der Waals surface area contributed by atoms with Crippen molar-refractivity contribution in [3.05, 3.63) is 91.5 Å². The molecule has 5 rings (SSSR count). The molecule has 0 radical (unpaired) electrons. The van der Waals surface area contributed by atoms with E-state index in [0.29, 0.717) is 32.7 Å². The van der Waals surface area contributed by atoms with E-state index >= 15 is 0 Å². The Kier molecular flexibility index (Phi) is 10.9. The fourth-order valence-corrected chi connectivity index (χ4v) is 6.51. The van der Waals surface area contributed by atoms with Crippen LogP contribution in [0.4, 0.5) is 4.79 Å². The number of carbonyl (C=O) groups is 2. The third-order valence-corrected chi connectivity index (χ3v) is 8.75. The minimum Gasteiger partial charge on any atom is -0.456 e. The third kappa shape index (κ3) is 8.91. The van der Waals surface area contributed by atoms with Crippen molar-refractivity contribution in [2.75, 3.05) is 13.2 Å². The van der Waals surface area contributed by atoms with Gasteiger partial charge in [0.15, 0.2) is 0 Å². The van der Waals surface area contributed by atoms with Crippen molar-refractivity contribution in [2.45, 2.75) is 98.3 Å². The zero-order chi connectivity index (χ0) is 35.7. The first kappa shape index (κ1) is 36.6. The zero-order valence-electron chi connectivity index (χ0n) is 29.2. The molecule has 1 amide bonds. The summed E-state index contributed by atoms with van der Waals surface area (Å²) in [6.45, 7) is 15.3. The van der Waals surface area contributed by atoms with Gasteiger partial charge in [0.25, 0.3) is 0 Å². The van der Waals surface area contributed by atoms with Gasteiger partial charge in [-0.15, -0.1) is 5.10 Å². The van der Waals surface area contributed by atoms with Gasteiger partial charge in [-0.1, -0.05) is 40.5 Å². The molecular weight excluding hydrogens is 667 g/mol. The van der Waals surface area contributed by atoms with Crippen LogP contribution in [0.25, 0.3) is 11.0 Å². The number of nitrogens with zero attached hydrogens (tertiary/aromatic N) is 4. The van der Waals surface area contributed by atoms with Crippen LogP contribution < -0.4 is 0 Å². The van der Waals surface area contributed by atoms with Crippen LogP contribution in [0.1, 0.15) is 97.8 Å². The van der Waals surface area contributed by atoms with Gasteiger partial charge in [-0.05, 0) is 114 Å². The summed E-state index contributed by atoms with van der Waals surface area (Å²) in [7, 11) is 0. The Balaban J connectivity index is 1.19. The monoisotopic (exact) mass is 711 g/mol. The molecule has 0 bridgehead atoms. The number of amides is 1. The number of aryl methyl sites for hydroxylation is 2. The highest BCUT2D eigenvalue weighted by Crippen LogP contribution is 2.32. The SMILES string of the molecule is Cc1c(C([OH2+])c2ccc3c(c2)CN(C(=O)OC(C)(C)C)CC3)ccc2c1nnn2CCCOCc1cc(Cl)c(C(=O)OC(C)(C)C)c(Cl)c1. The molecule has 1 aromatic heterocycles. The molecule has 1 aliphatic rings. The van der Waals surface area contributed by atoms with Gasteiger partial charge >= 0.3 is 12.1 Å². The standard InChI is InChI=1S/C37H44Cl2N4O6/c1-22-27(33(44)25-10-9-24-13-15-42(20-26(24)19-25)35(46)49-37(5,6)7)11-12-30-32(22)40-41-43(30)14-8-16-47-21-23-17-28(38)31(29(39)18-23)34(45)48-36(2,3)4/h9-12,17-19,33,44H,8,13-16,20-21H2,1-7H3/p+1. The Morgan fingerprint density at radius 3 is 2.33 bits per heavy atom. The molecule has 2 heterocycles. The summed E-state index contributed by atoms with van der Waals surface area (Å²) in [6, 6.07) is 13.4. The van der Waals surface area contributed by atoms with E-state index in [-0.39, 0.29) is 28.3 Å². The molecule has 1 atom stereocenters. The molecule has 49 heavy (non-hydrogen) atoms. The molecule has 0 saturated carbocycles. The number of fused-ring (bicyclic) bond motifs is 2. The molecule has 0 fully saturated rings. The van der Waals surface area contributed by atoms with Crippen LogP contribution in [0.2, 0.25) is 10.0 Å². The summed E-state index contributed by atoms with van der Waals surface area (Å²) in [5.74, 6) is -0.567. The number of ether oxygens (including phenoxy) is 3. The second kappa shape index (κ2) is 14.6. The van der Waals surface area contributed by atoms with Crippen molar-refractivity contribution in [1.82, 2.24) is 19.9 Å². The van der Waals surface area contributed by atoms with E-state index in [2.05, 4.69) is 16.4 Å². The lowest BCUT2D eigenvalue weighted by Gasteiger charge is -2.31. The fraction of sp³-hybridized carbons (Fsp3) is 0.459. The molecular formula is C37H45Cl2N4O6+. The molecule has 10 nitrogen and oxygen atoms in total. The summed E-state index contributed by atoms with van der Waals surface area (Å²) >= 11 is 12.7. The number of benzene rings is 3. The fourth-order valence-electron chi connectivity index (χ4n) is 5.82. The van der Waals surface area contributed by atoms with Crippen molar-refractivity contribution in [1.29, 1.82) is 0 Å². The van der Waals surface area contributed by atoms with Crippen molar-refractivity contribution in [3.63, 3.8) is 0 Å². The van der Waals surface area contributed by atoms with Gasteiger partial charge in [-0.25, -0.2) is 14.3 Å². The second-order valence-electron chi connectivity index (χ2n) is 14.4. The number of esters is 1. The van der Waals surface area contributed by atoms with Gasteiger partial charge in [-0.3, -0.25) is 0 Å². The first-order chi connectivity index (χ1) is 23.0. The van der Waals surface area contributed by atoms with Crippen LogP contribution in [0.5, 0.6) is 0 Å². The molecule has 0 saturated heterocycles. The van der Waals surface area contributed by atoms with Gasteiger partial charge in [-0.2, -0.15) is 0 Å². The lowest BCUT2D eigenvalue weighted by Crippen LogP contribution is -2.39. The first-order valence-corrected chi connectivity index (χ1v) is 17.2. The van der Waals surface area contributed by atoms with Crippen LogP contribution in [0, 0.1) is 6.92 Å². The average molecular weight is 713 g/mol. The molecule has 1 unspecified atom stereocenters. The zero-order valence-corrected chi connectivity index (χ0v) is 30.7. The maximum atomic E-state index is 12.7. The first-order valence-electron chi connectivity index (χ1n) is 16.4. The molecule has 2 N–H and O–H groups in total. The normalized spacial score (nSPS) is 14.1. The van der Waals surface area contributed by atoms with Crippen molar-refractivity contribution in [2.24, 2.45) is 0 Å². The highest BCUT2D eigenvalue weighted by molar-refractivity contribution is 6.39. The molecule has 0 aliphatic carbocycles. The van der Waals surface area contributed by atoms with Gasteiger partial charge < -0.3 is 24.2 Å². The molecule has 12 heteroatoms. The number of halogens is 2. The van der Waals surface area contributed by atoms with Gasteiger partial charge in [0.05, 0.1) is 27.7 Å². The van der Waals surface area contributed by atoms with Crippen molar-refractivity contribution < 1.29 is 28.9 Å². The summed E-state index contributed by atoms with van der Waals surface area (Å²) in [4.78, 5) is 26.9. The number of hydrogen-bond acceptors (Lipinski definition) is 7. The molecule has 3 aromatic carbocycles. The van der Waals surface area contributed by atoms with Gasteiger partial charge in [0.1, 0.15) is 16.7 Å². The van der Waals surface area contributed by atoms with Gasteiger partial charge in [0.2, 0.25) is 6.10 Å². The Labute approximate surface area is 297 Å². The Bertz CT molecular complexity index is 1840. The Morgan fingerprint density at radius 2 is 1.65 bits per heavy atom. The summed E-state index contributed by atoms with van der Waals surface area (Å²) in [6.07, 6.45) is 0.503. The number of aromatic nitrogens is 3. The van der Waals surface area contributed by atoms with Crippen LogP contribution in [0.15, 0.2) is 42.5 Å². The van der Waals surface area contributed by atoms with Crippen LogP contribution in [-0.4, -0.2) is 61.4 Å². The topological polar surface area (TPSA) is 119 Å². The van der Waals surface area contributed by atoms with Crippen LogP contribution in [-0.2, 0) is 40.3 Å². The number of rotatable bonds is 9. The van der Waals surface area contributed by atoms with E-state index in [0.717, 1.165) is 45.3 Å². The van der Waals surface area contributed by atoms with E-state index in [1.165, 1.54) is 5.56 Å². The Hall–Kier alpha value is -3.70. The average Bonchev–Trinajstić information content (AvgIpc) is 3.42. The molecule has 4 aromatic rings. The highest BCUT2D eigenvalue weighted by atomic mass is 35.5. The smallest absolute Gasteiger partial charge is 0.410 e. The molecule has 262 valence electrons. The summed E-state index contributed by atoms with van der Waals surface area (Å²) < 4.78 is 18.7. The van der Waals surface area contributed by atoms with E-state index < -0.39 is 23.3 Å². The summed E-state index contributed by atoms with van der Waals surface area (Å²) in [5.41, 5.74) is 6.20. The predicted octanol–water partition coefficient (Wildman–Crippen LogP) is 7.72. The predicted molar refractivity (Wildman–Crippen MR) is 190 cm³/mol. The lowest BCUT2D eigenvalue weighted by atomic mass is 9.92. The van der Waals surface area contributed by atoms with E-state index in [4.69, 9.17) is 42.5 Å². The van der Waals surface area contributed by atoms with Crippen molar-refractivity contribution in [3.8, 4) is 0 Å². The minimum absolute atomic E-state index is 0.143. The second-order valence-corrected chi connectivity index (χ2v) is 15.2. The maximum Gasteiger partial charge on any atom is 0.410 e. The largest absolute Gasteiger partial charge is 0.456 e. The maximum absolute atomic E-state index is 12.7. The van der Waals surface area contributed by atoms with E-state index in [1.807, 2.05) is 56.6 Å². The van der Waals surface area contributed by atoms with Crippen molar-refractivity contribution >= 4 is 46.3 Å². The summed E-state index contributed by atoms with van der Waals surface area (Å²) in [5, 5.41) is 18.4. The molecule has 0 spiro atoms. The number of hydrogen-bond donors (Lipinski definition) is 0. The Morgan fingerprint density at radius 1 is 0.959 bits per heavy atom. The molecule has 1 aliphatic heterocycles. The third-order valence-electron chi connectivity index (χ3n) is 8.15.